The molecule has 2 N–H and O–H groups in total. The van der Waals surface area contributed by atoms with E-state index in [0.717, 1.165) is 5.56 Å². The molecule has 2 amide bonds. The van der Waals surface area contributed by atoms with Gasteiger partial charge in [-0.1, -0.05) is 36.4 Å². The Morgan fingerprint density at radius 1 is 1.00 bits per heavy atom. The zero-order chi connectivity index (χ0) is 19.8. The Labute approximate surface area is 163 Å². The van der Waals surface area contributed by atoms with Gasteiger partial charge in [0.05, 0.1) is 11.3 Å². The number of amides is 2. The molecule has 0 radical (unpaired) electrons. The average Bonchev–Trinajstić information content (AvgIpc) is 2.74. The summed E-state index contributed by atoms with van der Waals surface area (Å²) in [4.78, 5) is 29.1. The summed E-state index contributed by atoms with van der Waals surface area (Å²) >= 11 is 0. The highest BCUT2D eigenvalue weighted by Crippen LogP contribution is 2.17. The number of benzene rings is 2. The minimum Gasteiger partial charge on any atom is -0.481 e. The van der Waals surface area contributed by atoms with E-state index in [0.29, 0.717) is 23.5 Å². The van der Waals surface area contributed by atoms with Gasteiger partial charge in [-0.25, -0.2) is 0 Å². The number of ether oxygens (including phenoxy) is 1. The van der Waals surface area contributed by atoms with Crippen molar-refractivity contribution in [3.63, 3.8) is 0 Å². The van der Waals surface area contributed by atoms with Crippen molar-refractivity contribution < 1.29 is 14.3 Å². The first-order valence-electron chi connectivity index (χ1n) is 8.92. The van der Waals surface area contributed by atoms with Crippen molar-refractivity contribution >= 4 is 17.5 Å². The normalized spacial score (nSPS) is 11.3. The van der Waals surface area contributed by atoms with Gasteiger partial charge in [-0.2, -0.15) is 0 Å². The van der Waals surface area contributed by atoms with Crippen molar-refractivity contribution in [2.75, 3.05) is 5.32 Å². The Morgan fingerprint density at radius 3 is 2.50 bits per heavy atom. The predicted octanol–water partition coefficient (Wildman–Crippen LogP) is 3.42. The first-order chi connectivity index (χ1) is 13.6. The molecule has 0 saturated heterocycles. The van der Waals surface area contributed by atoms with Crippen molar-refractivity contribution in [3.8, 4) is 5.75 Å². The molecule has 1 unspecified atom stereocenters. The Morgan fingerprint density at radius 2 is 1.75 bits per heavy atom. The van der Waals surface area contributed by atoms with Gasteiger partial charge in [0.2, 0.25) is 0 Å². The molecule has 142 valence electrons. The second-order valence-corrected chi connectivity index (χ2v) is 6.15. The Bertz CT molecular complexity index is 930. The van der Waals surface area contributed by atoms with Crippen LogP contribution >= 0.6 is 0 Å². The van der Waals surface area contributed by atoms with E-state index >= 15 is 0 Å². The van der Waals surface area contributed by atoms with E-state index in [2.05, 4.69) is 15.6 Å². The summed E-state index contributed by atoms with van der Waals surface area (Å²) in [6.45, 7) is 2.01. The van der Waals surface area contributed by atoms with Crippen LogP contribution in [0.25, 0.3) is 0 Å². The summed E-state index contributed by atoms with van der Waals surface area (Å²) in [6, 6.07) is 19.7. The van der Waals surface area contributed by atoms with Crippen molar-refractivity contribution in [1.82, 2.24) is 10.3 Å². The van der Waals surface area contributed by atoms with Gasteiger partial charge in [-0.15, -0.1) is 0 Å². The first-order valence-corrected chi connectivity index (χ1v) is 8.92. The molecule has 0 bridgehead atoms. The smallest absolute Gasteiger partial charge is 0.265 e. The number of anilines is 1. The maximum atomic E-state index is 12.6. The molecule has 0 aliphatic carbocycles. The molecule has 2 aromatic carbocycles. The fourth-order valence-corrected chi connectivity index (χ4v) is 2.56. The number of hydrogen-bond acceptors (Lipinski definition) is 4. The lowest BCUT2D eigenvalue weighted by molar-refractivity contribution is -0.122. The number of nitrogens with one attached hydrogen (secondary N) is 2. The molecule has 1 aromatic heterocycles. The van der Waals surface area contributed by atoms with Crippen LogP contribution in [0.4, 0.5) is 5.69 Å². The van der Waals surface area contributed by atoms with Gasteiger partial charge < -0.3 is 15.4 Å². The molecule has 0 fully saturated rings. The van der Waals surface area contributed by atoms with Crippen LogP contribution in [0.5, 0.6) is 5.75 Å². The monoisotopic (exact) mass is 375 g/mol. The molecule has 0 aliphatic heterocycles. The average molecular weight is 375 g/mol. The molecule has 6 heteroatoms. The van der Waals surface area contributed by atoms with Crippen LogP contribution in [0.2, 0.25) is 0 Å². The fourth-order valence-electron chi connectivity index (χ4n) is 2.56. The zero-order valence-electron chi connectivity index (χ0n) is 15.5. The number of pyridine rings is 1. The van der Waals surface area contributed by atoms with Crippen LogP contribution in [-0.4, -0.2) is 22.9 Å². The van der Waals surface area contributed by atoms with Crippen LogP contribution in [0.1, 0.15) is 22.8 Å². The summed E-state index contributed by atoms with van der Waals surface area (Å²) in [5.74, 6) is -0.0135. The molecule has 6 nitrogen and oxygen atoms in total. The van der Waals surface area contributed by atoms with E-state index < -0.39 is 6.10 Å². The third-order valence-corrected chi connectivity index (χ3v) is 4.03. The maximum absolute atomic E-state index is 12.6. The third kappa shape index (κ3) is 5.17. The number of rotatable bonds is 7. The molecule has 0 saturated carbocycles. The Kier molecular flexibility index (Phi) is 6.36. The number of carbonyl (C=O) groups excluding carboxylic acids is 2. The number of carbonyl (C=O) groups is 2. The predicted molar refractivity (Wildman–Crippen MR) is 107 cm³/mol. The van der Waals surface area contributed by atoms with E-state index in [4.69, 9.17) is 4.74 Å². The van der Waals surface area contributed by atoms with Gasteiger partial charge in [0.1, 0.15) is 5.75 Å². The fraction of sp³-hybridized carbons (Fsp3) is 0.136. The van der Waals surface area contributed by atoms with Crippen molar-refractivity contribution in [2.24, 2.45) is 0 Å². The highest BCUT2D eigenvalue weighted by Gasteiger charge is 2.18. The van der Waals surface area contributed by atoms with E-state index in [1.54, 1.807) is 55.7 Å². The molecule has 0 spiro atoms. The summed E-state index contributed by atoms with van der Waals surface area (Å²) in [5, 5.41) is 5.61. The van der Waals surface area contributed by atoms with Crippen LogP contribution in [0.15, 0.2) is 79.1 Å². The van der Waals surface area contributed by atoms with E-state index in [1.807, 2.05) is 30.3 Å². The Hall–Kier alpha value is -3.67. The zero-order valence-corrected chi connectivity index (χ0v) is 15.5. The van der Waals surface area contributed by atoms with Gasteiger partial charge in [0.25, 0.3) is 11.8 Å². The van der Waals surface area contributed by atoms with Crippen LogP contribution in [0.3, 0.4) is 0 Å². The lowest BCUT2D eigenvalue weighted by Gasteiger charge is -2.16. The molecular weight excluding hydrogens is 354 g/mol. The van der Waals surface area contributed by atoms with Crippen molar-refractivity contribution in [3.05, 3.63) is 90.3 Å². The molecule has 0 aliphatic rings. The van der Waals surface area contributed by atoms with Crippen LogP contribution < -0.4 is 15.4 Å². The SMILES string of the molecule is CC(Oc1ccccc1)C(=O)Nc1ccccc1C(=O)NCc1cccnc1. The number of aromatic nitrogens is 1. The van der Waals surface area contributed by atoms with Crippen LogP contribution in [-0.2, 0) is 11.3 Å². The third-order valence-electron chi connectivity index (χ3n) is 4.03. The molecule has 28 heavy (non-hydrogen) atoms. The quantitative estimate of drug-likeness (QED) is 0.663. The second-order valence-electron chi connectivity index (χ2n) is 6.15. The van der Waals surface area contributed by atoms with E-state index in [-0.39, 0.29) is 11.8 Å². The summed E-state index contributed by atoms with van der Waals surface area (Å²) in [6.07, 6.45) is 2.65. The molecular formula is C22H21N3O3. The highest BCUT2D eigenvalue weighted by molar-refractivity contribution is 6.04. The van der Waals surface area contributed by atoms with Gasteiger partial charge in [-0.05, 0) is 42.8 Å². The molecule has 3 aromatic rings. The summed E-state index contributed by atoms with van der Waals surface area (Å²) < 4.78 is 5.63. The Balaban J connectivity index is 1.64. The van der Waals surface area contributed by atoms with Gasteiger partial charge >= 0.3 is 0 Å². The van der Waals surface area contributed by atoms with E-state index in [1.165, 1.54) is 0 Å². The lowest BCUT2D eigenvalue weighted by atomic mass is 10.1. The van der Waals surface area contributed by atoms with Gasteiger partial charge in [0, 0.05) is 18.9 Å². The number of para-hydroxylation sites is 2. The number of hydrogen-bond donors (Lipinski definition) is 2. The highest BCUT2D eigenvalue weighted by atomic mass is 16.5. The van der Waals surface area contributed by atoms with Gasteiger partial charge in [-0.3, -0.25) is 14.6 Å². The molecule has 1 atom stereocenters. The minimum atomic E-state index is -0.714. The summed E-state index contributed by atoms with van der Waals surface area (Å²) in [5.41, 5.74) is 1.70. The first kappa shape index (κ1) is 19.1. The standard InChI is InChI=1S/C22H21N3O3/c1-16(28-18-9-3-2-4-10-18)21(26)25-20-12-6-5-11-19(20)22(27)24-15-17-8-7-13-23-14-17/h2-14,16H,15H2,1H3,(H,24,27)(H,25,26). The maximum Gasteiger partial charge on any atom is 0.265 e. The van der Waals surface area contributed by atoms with Crippen molar-refractivity contribution in [2.45, 2.75) is 19.6 Å². The van der Waals surface area contributed by atoms with E-state index in [9.17, 15) is 9.59 Å². The number of nitrogens with zero attached hydrogens (tertiary/aromatic N) is 1. The molecule has 3 rings (SSSR count). The second kappa shape index (κ2) is 9.32. The lowest BCUT2D eigenvalue weighted by Crippen LogP contribution is -2.31. The summed E-state index contributed by atoms with van der Waals surface area (Å²) in [7, 11) is 0. The van der Waals surface area contributed by atoms with Gasteiger partial charge in [0.15, 0.2) is 6.10 Å². The molecule has 1 heterocycles. The topological polar surface area (TPSA) is 80.3 Å². The van der Waals surface area contributed by atoms with Crippen LogP contribution in [0, 0.1) is 0 Å². The largest absolute Gasteiger partial charge is 0.481 e. The van der Waals surface area contributed by atoms with Crippen molar-refractivity contribution in [1.29, 1.82) is 0 Å². The minimum absolute atomic E-state index is 0.281.